The molecular formula is C18H21N3O4. The second-order valence-electron chi connectivity index (χ2n) is 5.46. The van der Waals surface area contributed by atoms with E-state index in [0.717, 1.165) is 17.7 Å². The van der Waals surface area contributed by atoms with Crippen molar-refractivity contribution < 1.29 is 14.5 Å². The number of ether oxygens (including phenoxy) is 1. The third-order valence-corrected chi connectivity index (χ3v) is 3.42. The predicted molar refractivity (Wildman–Crippen MR) is 94.4 cm³/mol. The minimum atomic E-state index is -0.461. The van der Waals surface area contributed by atoms with Crippen LogP contribution < -0.4 is 15.4 Å². The average molecular weight is 343 g/mol. The number of carbonyl (C=O) groups is 1. The van der Waals surface area contributed by atoms with Crippen LogP contribution in [0.4, 0.5) is 10.5 Å². The molecule has 0 saturated heterocycles. The van der Waals surface area contributed by atoms with Crippen molar-refractivity contribution in [3.8, 4) is 5.75 Å². The molecule has 0 fully saturated rings. The van der Waals surface area contributed by atoms with E-state index < -0.39 is 4.92 Å². The molecule has 2 aromatic rings. The first kappa shape index (κ1) is 18.3. The Balaban J connectivity index is 1.77. The van der Waals surface area contributed by atoms with Gasteiger partial charge < -0.3 is 15.4 Å². The highest BCUT2D eigenvalue weighted by atomic mass is 16.6. The quantitative estimate of drug-likeness (QED) is 0.567. The normalized spacial score (nSPS) is 10.1. The summed E-state index contributed by atoms with van der Waals surface area (Å²) in [6.45, 7) is 3.33. The topological polar surface area (TPSA) is 93.5 Å². The molecule has 0 spiro atoms. The molecule has 2 amide bonds. The number of nitrogens with one attached hydrogen (secondary N) is 2. The lowest BCUT2D eigenvalue weighted by atomic mass is 10.2. The van der Waals surface area contributed by atoms with Gasteiger partial charge in [-0.25, -0.2) is 4.79 Å². The number of nitrogens with zero attached hydrogens (tertiary/aromatic N) is 1. The van der Waals surface area contributed by atoms with E-state index in [0.29, 0.717) is 18.7 Å². The molecule has 25 heavy (non-hydrogen) atoms. The molecule has 0 aliphatic rings. The van der Waals surface area contributed by atoms with E-state index in [9.17, 15) is 14.9 Å². The summed E-state index contributed by atoms with van der Waals surface area (Å²) in [5.74, 6) is 0.806. The molecule has 132 valence electrons. The minimum Gasteiger partial charge on any atom is -0.494 e. The van der Waals surface area contributed by atoms with Crippen LogP contribution in [0, 0.1) is 10.1 Å². The average Bonchev–Trinajstić information content (AvgIpc) is 2.64. The summed E-state index contributed by atoms with van der Waals surface area (Å²) in [4.78, 5) is 22.1. The maximum absolute atomic E-state index is 11.8. The van der Waals surface area contributed by atoms with E-state index in [1.807, 2.05) is 31.2 Å². The van der Waals surface area contributed by atoms with Crippen LogP contribution in [0.25, 0.3) is 0 Å². The molecule has 0 atom stereocenters. The monoisotopic (exact) mass is 343 g/mol. The molecule has 7 nitrogen and oxygen atoms in total. The van der Waals surface area contributed by atoms with Gasteiger partial charge >= 0.3 is 6.03 Å². The van der Waals surface area contributed by atoms with Gasteiger partial charge in [0.25, 0.3) is 5.69 Å². The molecule has 2 aromatic carbocycles. The number of hydrogen-bond donors (Lipinski definition) is 2. The number of hydrogen-bond acceptors (Lipinski definition) is 4. The van der Waals surface area contributed by atoms with E-state index in [1.54, 1.807) is 12.1 Å². The second kappa shape index (κ2) is 9.27. The highest BCUT2D eigenvalue weighted by molar-refractivity contribution is 5.73. The summed E-state index contributed by atoms with van der Waals surface area (Å²) in [7, 11) is 0. The second-order valence-corrected chi connectivity index (χ2v) is 5.46. The van der Waals surface area contributed by atoms with Crippen molar-refractivity contribution >= 4 is 11.7 Å². The molecule has 0 aliphatic carbocycles. The van der Waals surface area contributed by atoms with Crippen molar-refractivity contribution in [3.63, 3.8) is 0 Å². The maximum atomic E-state index is 11.8. The Hall–Kier alpha value is -3.09. The van der Waals surface area contributed by atoms with E-state index in [4.69, 9.17) is 4.74 Å². The van der Waals surface area contributed by atoms with E-state index in [2.05, 4.69) is 10.6 Å². The Morgan fingerprint density at radius 1 is 1.08 bits per heavy atom. The highest BCUT2D eigenvalue weighted by Crippen LogP contribution is 2.13. The molecule has 7 heteroatoms. The summed E-state index contributed by atoms with van der Waals surface area (Å²) in [6, 6.07) is 13.4. The van der Waals surface area contributed by atoms with Gasteiger partial charge in [0.15, 0.2) is 0 Å². The number of rotatable bonds is 8. The fourth-order valence-corrected chi connectivity index (χ4v) is 2.13. The van der Waals surface area contributed by atoms with Gasteiger partial charge in [0, 0.05) is 25.2 Å². The molecule has 0 aromatic heterocycles. The Kier molecular flexibility index (Phi) is 6.76. The van der Waals surface area contributed by atoms with Crippen LogP contribution >= 0.6 is 0 Å². The molecule has 2 rings (SSSR count). The van der Waals surface area contributed by atoms with Gasteiger partial charge in [-0.2, -0.15) is 0 Å². The van der Waals surface area contributed by atoms with Crippen LogP contribution in [0.1, 0.15) is 24.5 Å². The molecule has 0 aliphatic heterocycles. The fourth-order valence-electron chi connectivity index (χ4n) is 2.13. The first-order chi connectivity index (χ1) is 12.1. The van der Waals surface area contributed by atoms with Crippen molar-refractivity contribution in [3.05, 3.63) is 69.8 Å². The Morgan fingerprint density at radius 3 is 2.40 bits per heavy atom. The largest absolute Gasteiger partial charge is 0.494 e. The molecule has 0 heterocycles. The van der Waals surface area contributed by atoms with Gasteiger partial charge in [-0.05, 0) is 29.7 Å². The SMILES string of the molecule is CCCOc1ccc(CNC(=O)NCc2cccc([N+](=O)[O-])c2)cc1. The van der Waals surface area contributed by atoms with Gasteiger partial charge in [0.2, 0.25) is 0 Å². The van der Waals surface area contributed by atoms with Crippen molar-refractivity contribution in [1.29, 1.82) is 0 Å². The van der Waals surface area contributed by atoms with E-state index in [-0.39, 0.29) is 18.3 Å². The van der Waals surface area contributed by atoms with Crippen molar-refractivity contribution in [2.45, 2.75) is 26.4 Å². The van der Waals surface area contributed by atoms with Crippen LogP contribution in [0.2, 0.25) is 0 Å². The van der Waals surface area contributed by atoms with Crippen molar-refractivity contribution in [1.82, 2.24) is 10.6 Å². The summed E-state index contributed by atoms with van der Waals surface area (Å²) in [5.41, 5.74) is 1.63. The number of urea groups is 1. The van der Waals surface area contributed by atoms with Crippen LogP contribution in [-0.4, -0.2) is 17.6 Å². The lowest BCUT2D eigenvalue weighted by Crippen LogP contribution is -2.34. The van der Waals surface area contributed by atoms with Gasteiger partial charge in [-0.15, -0.1) is 0 Å². The number of non-ortho nitro benzene ring substituents is 1. The van der Waals surface area contributed by atoms with Gasteiger partial charge in [-0.3, -0.25) is 10.1 Å². The fraction of sp³-hybridized carbons (Fsp3) is 0.278. The number of nitro benzene ring substituents is 1. The van der Waals surface area contributed by atoms with Crippen LogP contribution in [0.3, 0.4) is 0 Å². The van der Waals surface area contributed by atoms with Crippen LogP contribution in [-0.2, 0) is 13.1 Å². The number of benzene rings is 2. The first-order valence-corrected chi connectivity index (χ1v) is 8.05. The van der Waals surface area contributed by atoms with Gasteiger partial charge in [0.05, 0.1) is 11.5 Å². The summed E-state index contributed by atoms with van der Waals surface area (Å²) in [6.07, 6.45) is 0.952. The zero-order valence-corrected chi connectivity index (χ0v) is 14.0. The van der Waals surface area contributed by atoms with Gasteiger partial charge in [-0.1, -0.05) is 31.2 Å². The predicted octanol–water partition coefficient (Wildman–Crippen LogP) is 3.38. The van der Waals surface area contributed by atoms with Crippen LogP contribution in [0.15, 0.2) is 48.5 Å². The molecular weight excluding hydrogens is 322 g/mol. The van der Waals surface area contributed by atoms with Crippen LogP contribution in [0.5, 0.6) is 5.75 Å². The standard InChI is InChI=1S/C18H21N3O4/c1-2-10-25-17-8-6-14(7-9-17)12-19-18(22)20-13-15-4-3-5-16(11-15)21(23)24/h3-9,11H,2,10,12-13H2,1H3,(H2,19,20,22). The van der Waals surface area contributed by atoms with Crippen molar-refractivity contribution in [2.75, 3.05) is 6.61 Å². The van der Waals surface area contributed by atoms with E-state index in [1.165, 1.54) is 12.1 Å². The summed E-state index contributed by atoms with van der Waals surface area (Å²) in [5, 5.41) is 16.2. The number of amides is 2. The molecule has 0 radical (unpaired) electrons. The smallest absolute Gasteiger partial charge is 0.315 e. The Labute approximate surface area is 146 Å². The Bertz CT molecular complexity index is 717. The van der Waals surface area contributed by atoms with Gasteiger partial charge in [0.1, 0.15) is 5.75 Å². The third-order valence-electron chi connectivity index (χ3n) is 3.42. The zero-order chi connectivity index (χ0) is 18.1. The maximum Gasteiger partial charge on any atom is 0.315 e. The third kappa shape index (κ3) is 6.14. The highest BCUT2D eigenvalue weighted by Gasteiger charge is 2.06. The summed E-state index contributed by atoms with van der Waals surface area (Å²) >= 11 is 0. The van der Waals surface area contributed by atoms with E-state index >= 15 is 0 Å². The van der Waals surface area contributed by atoms with Crippen molar-refractivity contribution in [2.24, 2.45) is 0 Å². The minimum absolute atomic E-state index is 0.00471. The molecule has 2 N–H and O–H groups in total. The number of nitro groups is 1. The zero-order valence-electron chi connectivity index (χ0n) is 14.0. The molecule has 0 saturated carbocycles. The summed E-state index contributed by atoms with van der Waals surface area (Å²) < 4.78 is 5.50. The first-order valence-electron chi connectivity index (χ1n) is 8.05. The molecule has 0 bridgehead atoms. The lowest BCUT2D eigenvalue weighted by molar-refractivity contribution is -0.384. The lowest BCUT2D eigenvalue weighted by Gasteiger charge is -2.09. The number of carbonyl (C=O) groups excluding carboxylic acids is 1. The Morgan fingerprint density at radius 2 is 1.76 bits per heavy atom. The molecule has 0 unspecified atom stereocenters.